The maximum absolute atomic E-state index is 5.07. The van der Waals surface area contributed by atoms with Gasteiger partial charge in [0.15, 0.2) is 0 Å². The summed E-state index contributed by atoms with van der Waals surface area (Å²) in [5.74, 6) is 0.981. The van der Waals surface area contributed by atoms with Crippen molar-refractivity contribution in [1.82, 2.24) is 14.5 Å². The van der Waals surface area contributed by atoms with E-state index >= 15 is 0 Å². The Morgan fingerprint density at radius 1 is 1.44 bits per heavy atom. The first-order chi connectivity index (χ1) is 8.67. The third-order valence-corrected chi connectivity index (χ3v) is 2.83. The second kappa shape index (κ2) is 8.11. The monoisotopic (exact) mass is 254 g/mol. The Labute approximate surface area is 110 Å². The Bertz CT molecular complexity index is 338. The molecule has 0 radical (unpaired) electrons. The zero-order valence-corrected chi connectivity index (χ0v) is 12.1. The fourth-order valence-electron chi connectivity index (χ4n) is 1.73. The number of nitrogens with zero attached hydrogens (tertiary/aromatic N) is 3. The number of imidazole rings is 1. The smallest absolute Gasteiger partial charge is 0.203 e. The van der Waals surface area contributed by atoms with E-state index in [1.54, 1.807) is 7.11 Å². The van der Waals surface area contributed by atoms with Crippen LogP contribution in [0.2, 0.25) is 0 Å². The van der Waals surface area contributed by atoms with Crippen LogP contribution in [-0.2, 0) is 11.3 Å². The van der Waals surface area contributed by atoms with Crippen molar-refractivity contribution in [3.05, 3.63) is 11.9 Å². The highest BCUT2D eigenvalue weighted by Gasteiger charge is 2.05. The summed E-state index contributed by atoms with van der Waals surface area (Å²) in [5.41, 5.74) is 1.06. The molecule has 104 valence electrons. The summed E-state index contributed by atoms with van der Waals surface area (Å²) in [4.78, 5) is 6.76. The molecular weight excluding hydrogens is 228 g/mol. The summed E-state index contributed by atoms with van der Waals surface area (Å²) in [6.07, 6.45) is 3.21. The third-order valence-electron chi connectivity index (χ3n) is 2.83. The van der Waals surface area contributed by atoms with Gasteiger partial charge >= 0.3 is 0 Å². The lowest BCUT2D eigenvalue weighted by atomic mass is 10.5. The number of methoxy groups -OCH3 is 1. The van der Waals surface area contributed by atoms with E-state index in [9.17, 15) is 0 Å². The van der Waals surface area contributed by atoms with Crippen LogP contribution in [0.25, 0.3) is 0 Å². The van der Waals surface area contributed by atoms with Gasteiger partial charge in [-0.15, -0.1) is 0 Å². The number of ether oxygens (including phenoxy) is 1. The molecule has 5 heteroatoms. The van der Waals surface area contributed by atoms with Crippen LogP contribution in [0.5, 0.6) is 0 Å². The highest BCUT2D eigenvalue weighted by Crippen LogP contribution is 2.08. The Kier molecular flexibility index (Phi) is 6.75. The molecule has 1 aromatic rings. The predicted octanol–water partition coefficient (Wildman–Crippen LogP) is 1.59. The number of anilines is 1. The van der Waals surface area contributed by atoms with Gasteiger partial charge in [-0.25, -0.2) is 4.98 Å². The number of nitrogens with one attached hydrogen (secondary N) is 1. The average Bonchev–Trinajstić information content (AvgIpc) is 2.71. The first kappa shape index (κ1) is 15.0. The van der Waals surface area contributed by atoms with Crippen molar-refractivity contribution in [2.75, 3.05) is 45.7 Å². The largest absolute Gasteiger partial charge is 0.383 e. The van der Waals surface area contributed by atoms with E-state index in [0.717, 1.165) is 50.8 Å². The van der Waals surface area contributed by atoms with Crippen LogP contribution < -0.4 is 5.32 Å². The summed E-state index contributed by atoms with van der Waals surface area (Å²) in [6.45, 7) is 8.85. The van der Waals surface area contributed by atoms with Gasteiger partial charge in [0, 0.05) is 39.5 Å². The summed E-state index contributed by atoms with van der Waals surface area (Å²) in [6, 6.07) is 0. The van der Waals surface area contributed by atoms with Crippen LogP contribution in [-0.4, -0.2) is 54.8 Å². The van der Waals surface area contributed by atoms with Crippen molar-refractivity contribution in [1.29, 1.82) is 0 Å². The molecule has 0 bridgehead atoms. The highest BCUT2D eigenvalue weighted by molar-refractivity contribution is 5.28. The molecule has 0 fully saturated rings. The zero-order chi connectivity index (χ0) is 13.4. The summed E-state index contributed by atoms with van der Waals surface area (Å²) >= 11 is 0. The van der Waals surface area contributed by atoms with Gasteiger partial charge < -0.3 is 19.5 Å². The van der Waals surface area contributed by atoms with Gasteiger partial charge in [-0.05, 0) is 20.4 Å². The van der Waals surface area contributed by atoms with E-state index in [4.69, 9.17) is 4.74 Å². The van der Waals surface area contributed by atoms with Gasteiger partial charge in [-0.1, -0.05) is 6.92 Å². The summed E-state index contributed by atoms with van der Waals surface area (Å²) in [5, 5.41) is 3.36. The molecular formula is C13H26N4O. The second-order valence-corrected chi connectivity index (χ2v) is 4.62. The van der Waals surface area contributed by atoms with E-state index in [2.05, 4.69) is 39.9 Å². The van der Waals surface area contributed by atoms with Crippen molar-refractivity contribution < 1.29 is 4.74 Å². The Balaban J connectivity index is 2.44. The molecule has 1 rings (SSSR count). The standard InChI is InChI=1S/C13H26N4O/c1-5-6-14-13-15-12(2)11-17(13)8-7-16(3)9-10-18-4/h11H,5-10H2,1-4H3,(H,14,15). The number of aryl methyl sites for hydroxylation is 1. The molecule has 1 aromatic heterocycles. The molecule has 0 atom stereocenters. The van der Waals surface area contributed by atoms with Gasteiger partial charge in [0.2, 0.25) is 5.95 Å². The molecule has 1 N–H and O–H groups in total. The fraction of sp³-hybridized carbons (Fsp3) is 0.769. The molecule has 0 saturated carbocycles. The normalized spacial score (nSPS) is 11.2. The molecule has 0 spiro atoms. The summed E-state index contributed by atoms with van der Waals surface area (Å²) in [7, 11) is 3.85. The quantitative estimate of drug-likeness (QED) is 0.727. The number of hydrogen-bond acceptors (Lipinski definition) is 4. The number of hydrogen-bond donors (Lipinski definition) is 1. The first-order valence-electron chi connectivity index (χ1n) is 6.62. The summed E-state index contributed by atoms with van der Waals surface area (Å²) < 4.78 is 7.26. The average molecular weight is 254 g/mol. The number of rotatable bonds is 9. The molecule has 18 heavy (non-hydrogen) atoms. The molecule has 1 heterocycles. The lowest BCUT2D eigenvalue weighted by molar-refractivity contribution is 0.159. The van der Waals surface area contributed by atoms with E-state index in [1.807, 2.05) is 6.92 Å². The van der Waals surface area contributed by atoms with Crippen molar-refractivity contribution in [3.8, 4) is 0 Å². The lowest BCUT2D eigenvalue weighted by Crippen LogP contribution is -2.27. The van der Waals surface area contributed by atoms with E-state index < -0.39 is 0 Å². The second-order valence-electron chi connectivity index (χ2n) is 4.62. The molecule has 0 aliphatic carbocycles. The molecule has 0 saturated heterocycles. The molecule has 0 amide bonds. The van der Waals surface area contributed by atoms with Crippen molar-refractivity contribution in [2.24, 2.45) is 0 Å². The van der Waals surface area contributed by atoms with Gasteiger partial charge in [-0.2, -0.15) is 0 Å². The molecule has 0 unspecified atom stereocenters. The van der Waals surface area contributed by atoms with Crippen molar-refractivity contribution in [3.63, 3.8) is 0 Å². The fourth-order valence-corrected chi connectivity index (χ4v) is 1.73. The number of likely N-dealkylation sites (N-methyl/N-ethyl adjacent to an activating group) is 1. The minimum atomic E-state index is 0.778. The third kappa shape index (κ3) is 5.06. The lowest BCUT2D eigenvalue weighted by Gasteiger charge is -2.17. The molecule has 0 aromatic carbocycles. The van der Waals surface area contributed by atoms with E-state index in [0.29, 0.717) is 0 Å². The maximum Gasteiger partial charge on any atom is 0.203 e. The minimum Gasteiger partial charge on any atom is -0.383 e. The van der Waals surface area contributed by atoms with E-state index in [1.165, 1.54) is 0 Å². The predicted molar refractivity (Wildman–Crippen MR) is 75.1 cm³/mol. The number of aromatic nitrogens is 2. The molecule has 5 nitrogen and oxygen atoms in total. The highest BCUT2D eigenvalue weighted by atomic mass is 16.5. The van der Waals surface area contributed by atoms with Gasteiger partial charge in [0.1, 0.15) is 0 Å². The molecule has 0 aliphatic heterocycles. The zero-order valence-electron chi connectivity index (χ0n) is 12.1. The minimum absolute atomic E-state index is 0.778. The van der Waals surface area contributed by atoms with Crippen LogP contribution in [0.4, 0.5) is 5.95 Å². The van der Waals surface area contributed by atoms with Crippen molar-refractivity contribution >= 4 is 5.95 Å². The van der Waals surface area contributed by atoms with Crippen LogP contribution in [0.1, 0.15) is 19.0 Å². The Hall–Kier alpha value is -1.07. The molecule has 0 aliphatic rings. The van der Waals surface area contributed by atoms with Crippen LogP contribution >= 0.6 is 0 Å². The SMILES string of the molecule is CCCNc1nc(C)cn1CCN(C)CCOC. The Morgan fingerprint density at radius 2 is 2.22 bits per heavy atom. The maximum atomic E-state index is 5.07. The first-order valence-corrected chi connectivity index (χ1v) is 6.62. The van der Waals surface area contributed by atoms with Crippen LogP contribution in [0, 0.1) is 6.92 Å². The van der Waals surface area contributed by atoms with Gasteiger partial charge in [-0.3, -0.25) is 0 Å². The Morgan fingerprint density at radius 3 is 2.89 bits per heavy atom. The van der Waals surface area contributed by atoms with E-state index in [-0.39, 0.29) is 0 Å². The van der Waals surface area contributed by atoms with Crippen LogP contribution in [0.3, 0.4) is 0 Å². The van der Waals surface area contributed by atoms with Gasteiger partial charge in [0.25, 0.3) is 0 Å². The van der Waals surface area contributed by atoms with Gasteiger partial charge in [0.05, 0.1) is 12.3 Å². The van der Waals surface area contributed by atoms with Crippen LogP contribution in [0.15, 0.2) is 6.20 Å². The van der Waals surface area contributed by atoms with Crippen molar-refractivity contribution in [2.45, 2.75) is 26.8 Å². The topological polar surface area (TPSA) is 42.3 Å².